The number of amides is 1. The Bertz CT molecular complexity index is 294. The van der Waals surface area contributed by atoms with Crippen LogP contribution in [0.15, 0.2) is 0 Å². The molecule has 0 bridgehead atoms. The van der Waals surface area contributed by atoms with Crippen LogP contribution in [0.5, 0.6) is 0 Å². The summed E-state index contributed by atoms with van der Waals surface area (Å²) in [6, 6.07) is 0.634. The minimum absolute atomic E-state index is 0.186. The highest BCUT2D eigenvalue weighted by Crippen LogP contribution is 2.20. The lowest BCUT2D eigenvalue weighted by molar-refractivity contribution is -0.122. The molecule has 0 saturated carbocycles. The molecular formula is C17H35N3O. The zero-order chi connectivity index (χ0) is 15.7. The lowest BCUT2D eigenvalue weighted by atomic mass is 9.90. The highest BCUT2D eigenvalue weighted by molar-refractivity contribution is 5.77. The molecule has 1 aliphatic heterocycles. The molecule has 2 atom stereocenters. The molecule has 1 fully saturated rings. The van der Waals surface area contributed by atoms with Crippen LogP contribution in [0.2, 0.25) is 0 Å². The summed E-state index contributed by atoms with van der Waals surface area (Å²) in [5.41, 5.74) is 0. The second-order valence-electron chi connectivity index (χ2n) is 6.79. The van der Waals surface area contributed by atoms with E-state index in [0.29, 0.717) is 24.4 Å². The lowest BCUT2D eigenvalue weighted by Gasteiger charge is -2.38. The molecule has 0 spiro atoms. The Morgan fingerprint density at radius 2 is 2.05 bits per heavy atom. The van der Waals surface area contributed by atoms with Crippen LogP contribution in [-0.4, -0.2) is 49.6 Å². The Kier molecular flexibility index (Phi) is 8.93. The van der Waals surface area contributed by atoms with E-state index in [1.54, 1.807) is 0 Å². The number of carbonyl (C=O) groups excluding carboxylic acids is 1. The van der Waals surface area contributed by atoms with E-state index < -0.39 is 0 Å². The van der Waals surface area contributed by atoms with Gasteiger partial charge in [0.2, 0.25) is 5.91 Å². The molecule has 1 amide bonds. The molecule has 1 heterocycles. The van der Waals surface area contributed by atoms with Crippen molar-refractivity contribution < 1.29 is 4.79 Å². The van der Waals surface area contributed by atoms with Gasteiger partial charge in [-0.15, -0.1) is 0 Å². The zero-order valence-electron chi connectivity index (χ0n) is 14.5. The fraction of sp³-hybridized carbons (Fsp3) is 0.941. The molecule has 0 radical (unpaired) electrons. The van der Waals surface area contributed by atoms with Crippen molar-refractivity contribution >= 4 is 5.91 Å². The smallest absolute Gasteiger partial charge is 0.234 e. The summed E-state index contributed by atoms with van der Waals surface area (Å²) in [4.78, 5) is 14.3. The first kappa shape index (κ1) is 18.4. The number of likely N-dealkylation sites (tertiary alicyclic amines) is 1. The molecule has 0 aliphatic carbocycles. The maximum absolute atomic E-state index is 12.0. The number of hydrogen-bond donors (Lipinski definition) is 2. The van der Waals surface area contributed by atoms with Crippen molar-refractivity contribution in [2.75, 3.05) is 32.7 Å². The Morgan fingerprint density at radius 3 is 2.67 bits per heavy atom. The number of rotatable bonds is 9. The van der Waals surface area contributed by atoms with Crippen LogP contribution in [0, 0.1) is 11.8 Å². The van der Waals surface area contributed by atoms with Crippen LogP contribution in [0.4, 0.5) is 0 Å². The molecule has 0 aromatic rings. The van der Waals surface area contributed by atoms with Gasteiger partial charge in [0.1, 0.15) is 0 Å². The largest absolute Gasteiger partial charge is 0.355 e. The third-order valence-electron chi connectivity index (χ3n) is 4.41. The number of carbonyl (C=O) groups is 1. The molecule has 124 valence electrons. The summed E-state index contributed by atoms with van der Waals surface area (Å²) in [6.07, 6.45) is 4.60. The summed E-state index contributed by atoms with van der Waals surface area (Å²) in [7, 11) is 0. The van der Waals surface area contributed by atoms with Crippen molar-refractivity contribution in [2.45, 2.75) is 59.4 Å². The van der Waals surface area contributed by atoms with E-state index in [4.69, 9.17) is 0 Å². The quantitative estimate of drug-likeness (QED) is 0.686. The SMILES string of the molecule is CCCNC1CCN(CC(=O)NCCC(C)C)CC1CC. The number of piperidine rings is 1. The van der Waals surface area contributed by atoms with E-state index in [1.807, 2.05) is 0 Å². The number of nitrogens with one attached hydrogen (secondary N) is 2. The van der Waals surface area contributed by atoms with Crippen molar-refractivity contribution in [2.24, 2.45) is 11.8 Å². The topological polar surface area (TPSA) is 44.4 Å². The molecular weight excluding hydrogens is 262 g/mol. The molecule has 0 aromatic heterocycles. The molecule has 4 heteroatoms. The van der Waals surface area contributed by atoms with E-state index in [9.17, 15) is 4.79 Å². The van der Waals surface area contributed by atoms with Gasteiger partial charge in [-0.3, -0.25) is 9.69 Å². The van der Waals surface area contributed by atoms with Crippen LogP contribution < -0.4 is 10.6 Å². The lowest BCUT2D eigenvalue weighted by Crippen LogP contribution is -2.51. The Hall–Kier alpha value is -0.610. The van der Waals surface area contributed by atoms with E-state index in [1.165, 1.54) is 12.8 Å². The third kappa shape index (κ3) is 7.28. The van der Waals surface area contributed by atoms with Crippen LogP contribution in [0.25, 0.3) is 0 Å². The average molecular weight is 297 g/mol. The van der Waals surface area contributed by atoms with Gasteiger partial charge in [0.15, 0.2) is 0 Å². The van der Waals surface area contributed by atoms with Crippen molar-refractivity contribution in [1.29, 1.82) is 0 Å². The Labute approximate surface area is 131 Å². The van der Waals surface area contributed by atoms with Crippen LogP contribution >= 0.6 is 0 Å². The highest BCUT2D eigenvalue weighted by Gasteiger charge is 2.28. The van der Waals surface area contributed by atoms with Gasteiger partial charge in [0.25, 0.3) is 0 Å². The fourth-order valence-electron chi connectivity index (χ4n) is 3.02. The Morgan fingerprint density at radius 1 is 1.29 bits per heavy atom. The van der Waals surface area contributed by atoms with Crippen molar-refractivity contribution in [1.82, 2.24) is 15.5 Å². The standard InChI is InChI=1S/C17H35N3O/c1-5-9-18-16-8-11-20(12-15(16)6-2)13-17(21)19-10-7-14(3)4/h14-16,18H,5-13H2,1-4H3,(H,19,21). The van der Waals surface area contributed by atoms with Gasteiger partial charge >= 0.3 is 0 Å². The molecule has 4 nitrogen and oxygen atoms in total. The van der Waals surface area contributed by atoms with Crippen LogP contribution in [0.3, 0.4) is 0 Å². The van der Waals surface area contributed by atoms with Gasteiger partial charge in [-0.05, 0) is 37.6 Å². The molecule has 2 N–H and O–H groups in total. The van der Waals surface area contributed by atoms with Crippen molar-refractivity contribution in [3.8, 4) is 0 Å². The second kappa shape index (κ2) is 10.2. The zero-order valence-corrected chi connectivity index (χ0v) is 14.5. The van der Waals surface area contributed by atoms with Crippen molar-refractivity contribution in [3.05, 3.63) is 0 Å². The summed E-state index contributed by atoms with van der Waals surface area (Å²) < 4.78 is 0. The Balaban J connectivity index is 2.29. The first-order valence-electron chi connectivity index (χ1n) is 8.79. The molecule has 1 saturated heterocycles. The van der Waals surface area contributed by atoms with E-state index in [2.05, 4.69) is 43.2 Å². The predicted molar refractivity (Wildman–Crippen MR) is 89.4 cm³/mol. The molecule has 2 unspecified atom stereocenters. The van der Waals surface area contributed by atoms with Gasteiger partial charge in [0.05, 0.1) is 6.54 Å². The van der Waals surface area contributed by atoms with E-state index >= 15 is 0 Å². The summed E-state index contributed by atoms with van der Waals surface area (Å²) in [5, 5.41) is 6.71. The molecule has 1 aliphatic rings. The molecule has 1 rings (SSSR count). The first-order valence-corrected chi connectivity index (χ1v) is 8.79. The molecule has 0 aromatic carbocycles. The predicted octanol–water partition coefficient (Wildman–Crippen LogP) is 2.25. The van der Waals surface area contributed by atoms with Gasteiger partial charge in [-0.25, -0.2) is 0 Å². The first-order chi connectivity index (χ1) is 10.1. The minimum atomic E-state index is 0.186. The van der Waals surface area contributed by atoms with Crippen LogP contribution in [0.1, 0.15) is 53.4 Å². The minimum Gasteiger partial charge on any atom is -0.355 e. The average Bonchev–Trinajstić information content (AvgIpc) is 2.45. The van der Waals surface area contributed by atoms with E-state index in [0.717, 1.165) is 39.0 Å². The number of nitrogens with zero attached hydrogens (tertiary/aromatic N) is 1. The summed E-state index contributed by atoms with van der Waals surface area (Å²) in [5.74, 6) is 1.51. The van der Waals surface area contributed by atoms with Gasteiger partial charge in [0, 0.05) is 25.7 Å². The van der Waals surface area contributed by atoms with Gasteiger partial charge in [-0.2, -0.15) is 0 Å². The fourth-order valence-corrected chi connectivity index (χ4v) is 3.02. The highest BCUT2D eigenvalue weighted by atomic mass is 16.2. The van der Waals surface area contributed by atoms with Gasteiger partial charge in [-0.1, -0.05) is 34.1 Å². The number of hydrogen-bond acceptors (Lipinski definition) is 3. The maximum atomic E-state index is 12.0. The van der Waals surface area contributed by atoms with Crippen LogP contribution in [-0.2, 0) is 4.79 Å². The van der Waals surface area contributed by atoms with Crippen molar-refractivity contribution in [3.63, 3.8) is 0 Å². The monoisotopic (exact) mass is 297 g/mol. The molecule has 21 heavy (non-hydrogen) atoms. The second-order valence-corrected chi connectivity index (χ2v) is 6.79. The van der Waals surface area contributed by atoms with E-state index in [-0.39, 0.29) is 5.91 Å². The normalized spacial score (nSPS) is 23.5. The summed E-state index contributed by atoms with van der Waals surface area (Å²) >= 11 is 0. The maximum Gasteiger partial charge on any atom is 0.234 e. The van der Waals surface area contributed by atoms with Gasteiger partial charge < -0.3 is 10.6 Å². The summed E-state index contributed by atoms with van der Waals surface area (Å²) in [6.45, 7) is 13.4. The third-order valence-corrected chi connectivity index (χ3v) is 4.41.